The first-order valence-electron chi connectivity index (χ1n) is 11.0. The molecule has 0 unspecified atom stereocenters. The Kier molecular flexibility index (Phi) is 4.82. The molecule has 2 fully saturated rings. The number of hydrogen-bond acceptors (Lipinski definition) is 9. The number of rotatable bonds is 4. The van der Waals surface area contributed by atoms with Gasteiger partial charge in [0.1, 0.15) is 22.5 Å². The van der Waals surface area contributed by atoms with Gasteiger partial charge in [-0.05, 0) is 25.0 Å². The van der Waals surface area contributed by atoms with Crippen LogP contribution >= 0.6 is 11.6 Å². The van der Waals surface area contributed by atoms with Crippen LogP contribution in [0.2, 0.25) is 5.02 Å². The highest BCUT2D eigenvalue weighted by Gasteiger charge is 2.39. The van der Waals surface area contributed by atoms with Crippen LogP contribution in [-0.2, 0) is 6.61 Å². The predicted molar refractivity (Wildman–Crippen MR) is 128 cm³/mol. The van der Waals surface area contributed by atoms with Crippen molar-refractivity contribution < 1.29 is 5.11 Å². The van der Waals surface area contributed by atoms with Crippen molar-refractivity contribution in [3.63, 3.8) is 0 Å². The predicted octanol–water partition coefficient (Wildman–Crippen LogP) is 2.12. The number of benzene rings is 1. The molecule has 3 aromatic heterocycles. The number of nitrogens with zero attached hydrogens (tertiary/aromatic N) is 7. The summed E-state index contributed by atoms with van der Waals surface area (Å²) in [5, 5.41) is 21.6. The minimum absolute atomic E-state index is 0.199. The number of piperazine rings is 1. The average molecular weight is 466 g/mol. The molecule has 33 heavy (non-hydrogen) atoms. The lowest BCUT2D eigenvalue weighted by atomic mass is 10.1. The van der Waals surface area contributed by atoms with Crippen molar-refractivity contribution in [3.05, 3.63) is 29.0 Å². The van der Waals surface area contributed by atoms with Gasteiger partial charge in [-0.3, -0.25) is 10.1 Å². The molecule has 0 amide bonds. The molecule has 0 saturated carbocycles. The van der Waals surface area contributed by atoms with Gasteiger partial charge in [-0.15, -0.1) is 0 Å². The van der Waals surface area contributed by atoms with E-state index >= 15 is 0 Å². The van der Waals surface area contributed by atoms with Gasteiger partial charge < -0.3 is 20.2 Å². The van der Waals surface area contributed by atoms with E-state index in [-0.39, 0.29) is 6.61 Å². The van der Waals surface area contributed by atoms with Crippen molar-refractivity contribution in [3.8, 4) is 11.3 Å². The minimum atomic E-state index is -0.199. The maximum absolute atomic E-state index is 10.2. The molecular formula is C22H24ClN9O. The SMILES string of the molecule is CN(C)c1cnc2ccc(-c3[nH]nc4nc(N5[C@@H]6CC[C@H]5CNC6)c(CO)nc34)c(Cl)c2n1. The molecule has 1 aromatic carbocycles. The Morgan fingerprint density at radius 1 is 1.12 bits per heavy atom. The van der Waals surface area contributed by atoms with E-state index in [4.69, 9.17) is 21.6 Å². The van der Waals surface area contributed by atoms with Crippen molar-refractivity contribution in [2.75, 3.05) is 37.0 Å². The van der Waals surface area contributed by atoms with E-state index in [2.05, 4.69) is 30.4 Å². The standard InChI is InChI=1S/C22H24ClN9O/c1-31(2)16-9-25-14-6-5-13(17(23)19(14)27-16)18-20-21(30-29-18)28-22(15(10-33)26-20)32-11-3-4-12(32)8-24-7-11/h5-6,9,11-12,24,33H,3-4,7-8,10H2,1-2H3,(H,28,29,30)/t11-,12+. The highest BCUT2D eigenvalue weighted by molar-refractivity contribution is 6.38. The van der Waals surface area contributed by atoms with Gasteiger partial charge in [-0.1, -0.05) is 11.6 Å². The van der Waals surface area contributed by atoms with Crippen molar-refractivity contribution in [1.82, 2.24) is 35.5 Å². The van der Waals surface area contributed by atoms with Crippen molar-refractivity contribution in [2.24, 2.45) is 0 Å². The lowest BCUT2D eigenvalue weighted by Crippen LogP contribution is -2.52. The van der Waals surface area contributed by atoms with Crippen LogP contribution < -0.4 is 15.1 Å². The van der Waals surface area contributed by atoms with E-state index in [0.29, 0.717) is 62.1 Å². The molecule has 4 aromatic rings. The quantitative estimate of drug-likeness (QED) is 0.416. The monoisotopic (exact) mass is 465 g/mol. The topological polar surface area (TPSA) is 119 Å². The fraction of sp³-hybridized carbons (Fsp3) is 0.409. The molecule has 0 spiro atoms. The third kappa shape index (κ3) is 3.20. The van der Waals surface area contributed by atoms with Gasteiger partial charge in [0.2, 0.25) is 5.65 Å². The average Bonchev–Trinajstić information content (AvgIpc) is 3.34. The molecule has 0 radical (unpaired) electrons. The van der Waals surface area contributed by atoms with Gasteiger partial charge in [0.15, 0.2) is 5.82 Å². The van der Waals surface area contributed by atoms with E-state index in [0.717, 1.165) is 31.7 Å². The summed E-state index contributed by atoms with van der Waals surface area (Å²) in [6, 6.07) is 4.48. The lowest BCUT2D eigenvalue weighted by Gasteiger charge is -2.36. The third-order valence-corrected chi connectivity index (χ3v) is 6.96. The second kappa shape index (κ2) is 7.75. The highest BCUT2D eigenvalue weighted by Crippen LogP contribution is 2.37. The second-order valence-electron chi connectivity index (χ2n) is 8.79. The van der Waals surface area contributed by atoms with Crippen LogP contribution in [0.25, 0.3) is 33.5 Å². The molecular weight excluding hydrogens is 442 g/mol. The second-order valence-corrected chi connectivity index (χ2v) is 9.17. The molecule has 5 heterocycles. The molecule has 3 N–H and O–H groups in total. The minimum Gasteiger partial charge on any atom is -0.390 e. The highest BCUT2D eigenvalue weighted by atomic mass is 35.5. The summed E-state index contributed by atoms with van der Waals surface area (Å²) >= 11 is 6.80. The number of aliphatic hydroxyl groups excluding tert-OH is 1. The number of aromatic amines is 1. The molecule has 2 atom stereocenters. The van der Waals surface area contributed by atoms with Crippen LogP contribution in [0.4, 0.5) is 11.6 Å². The normalized spacial score (nSPS) is 20.2. The summed E-state index contributed by atoms with van der Waals surface area (Å²) in [6.45, 7) is 1.63. The number of nitrogens with one attached hydrogen (secondary N) is 2. The van der Waals surface area contributed by atoms with E-state index in [1.54, 1.807) is 6.20 Å². The third-order valence-electron chi connectivity index (χ3n) is 6.58. The Morgan fingerprint density at radius 3 is 2.64 bits per heavy atom. The molecule has 0 aliphatic carbocycles. The number of fused-ring (bicyclic) bond motifs is 4. The first kappa shape index (κ1) is 20.5. The van der Waals surface area contributed by atoms with E-state index in [1.165, 1.54) is 0 Å². The number of anilines is 2. The van der Waals surface area contributed by atoms with Gasteiger partial charge in [-0.2, -0.15) is 5.10 Å². The molecule has 11 heteroatoms. The van der Waals surface area contributed by atoms with Crippen LogP contribution in [0.15, 0.2) is 18.3 Å². The van der Waals surface area contributed by atoms with Gasteiger partial charge >= 0.3 is 0 Å². The zero-order valence-corrected chi connectivity index (χ0v) is 19.1. The number of hydrogen-bond donors (Lipinski definition) is 3. The Morgan fingerprint density at radius 2 is 1.91 bits per heavy atom. The molecule has 170 valence electrons. The largest absolute Gasteiger partial charge is 0.390 e. The van der Waals surface area contributed by atoms with Crippen LogP contribution in [-0.4, -0.2) is 74.5 Å². The molecule has 2 bridgehead atoms. The number of H-pyrrole nitrogens is 1. The summed E-state index contributed by atoms with van der Waals surface area (Å²) in [7, 11) is 3.81. The Labute approximate surface area is 195 Å². The van der Waals surface area contributed by atoms with Gasteiger partial charge in [0.25, 0.3) is 0 Å². The zero-order chi connectivity index (χ0) is 22.7. The lowest BCUT2D eigenvalue weighted by molar-refractivity contribution is 0.276. The summed E-state index contributed by atoms with van der Waals surface area (Å²) in [5.41, 5.74) is 4.29. The number of aliphatic hydroxyl groups is 1. The van der Waals surface area contributed by atoms with Crippen molar-refractivity contribution >= 4 is 45.4 Å². The van der Waals surface area contributed by atoms with Crippen LogP contribution in [0, 0.1) is 0 Å². The van der Waals surface area contributed by atoms with E-state index < -0.39 is 0 Å². The number of aromatic nitrogens is 6. The maximum atomic E-state index is 10.2. The molecule has 2 saturated heterocycles. The fourth-order valence-electron chi connectivity index (χ4n) is 4.93. The van der Waals surface area contributed by atoms with Gasteiger partial charge in [0.05, 0.1) is 29.0 Å². The summed E-state index contributed by atoms with van der Waals surface area (Å²) < 4.78 is 0. The Bertz CT molecular complexity index is 1360. The van der Waals surface area contributed by atoms with Crippen LogP contribution in [0.3, 0.4) is 0 Å². The maximum Gasteiger partial charge on any atom is 0.202 e. The van der Waals surface area contributed by atoms with Gasteiger partial charge in [-0.25, -0.2) is 15.0 Å². The molecule has 6 rings (SSSR count). The smallest absolute Gasteiger partial charge is 0.202 e. The molecule has 2 aliphatic heterocycles. The van der Waals surface area contributed by atoms with Crippen LogP contribution in [0.1, 0.15) is 18.5 Å². The first-order chi connectivity index (χ1) is 16.0. The van der Waals surface area contributed by atoms with Crippen LogP contribution in [0.5, 0.6) is 0 Å². The van der Waals surface area contributed by atoms with Gasteiger partial charge in [0, 0.05) is 44.8 Å². The fourth-order valence-corrected chi connectivity index (χ4v) is 5.23. The number of halogens is 1. The Balaban J connectivity index is 1.49. The molecule has 2 aliphatic rings. The van der Waals surface area contributed by atoms with Crippen molar-refractivity contribution in [2.45, 2.75) is 31.5 Å². The summed E-state index contributed by atoms with van der Waals surface area (Å²) in [6.07, 6.45) is 3.93. The van der Waals surface area contributed by atoms with E-state index in [1.807, 2.05) is 31.1 Å². The molecule has 10 nitrogen and oxygen atoms in total. The van der Waals surface area contributed by atoms with Crippen molar-refractivity contribution in [1.29, 1.82) is 0 Å². The van der Waals surface area contributed by atoms with E-state index in [9.17, 15) is 5.11 Å². The summed E-state index contributed by atoms with van der Waals surface area (Å²) in [5.74, 6) is 1.44. The summed E-state index contributed by atoms with van der Waals surface area (Å²) in [4.78, 5) is 23.0. The zero-order valence-electron chi connectivity index (χ0n) is 18.4. The first-order valence-corrected chi connectivity index (χ1v) is 11.4. The Hall–Kier alpha value is -3.08.